The number of hydrogen-bond donors (Lipinski definition) is 0. The number of carbonyl (C=O) groups excluding carboxylic acids is 1. The minimum atomic E-state index is 0.0617. The van der Waals surface area contributed by atoms with E-state index in [1.165, 1.54) is 19.8 Å². The second kappa shape index (κ2) is 3.90. The Morgan fingerprint density at radius 3 is 2.86 bits per heavy atom. The lowest BCUT2D eigenvalue weighted by Crippen LogP contribution is -1.98. The molecule has 4 nitrogen and oxygen atoms in total. The average Bonchev–Trinajstić information content (AvgIpc) is 2.69. The van der Waals surface area contributed by atoms with Crippen molar-refractivity contribution in [3.8, 4) is 0 Å². The van der Waals surface area contributed by atoms with Gasteiger partial charge in [-0.25, -0.2) is 0 Å². The van der Waals surface area contributed by atoms with Crippen molar-refractivity contribution in [3.05, 3.63) is 11.7 Å². The number of carbonyl (C=O) groups is 1. The van der Waals surface area contributed by atoms with Gasteiger partial charge in [-0.15, -0.1) is 0 Å². The molecule has 1 heterocycles. The molecular formula is C10H14N2O2. The third-order valence-electron chi connectivity index (χ3n) is 2.60. The maximum atomic E-state index is 10.8. The van der Waals surface area contributed by atoms with Crippen LogP contribution in [0.25, 0.3) is 0 Å². The minimum Gasteiger partial charge on any atom is -0.339 e. The summed E-state index contributed by atoms with van der Waals surface area (Å²) in [5, 5.41) is 3.91. The summed E-state index contributed by atoms with van der Waals surface area (Å²) in [6.45, 7) is 1.53. The molecule has 0 N–H and O–H groups in total. The monoisotopic (exact) mass is 194 g/mol. The van der Waals surface area contributed by atoms with Crippen molar-refractivity contribution in [1.82, 2.24) is 10.1 Å². The highest BCUT2D eigenvalue weighted by atomic mass is 16.5. The highest BCUT2D eigenvalue weighted by Gasteiger charge is 2.22. The summed E-state index contributed by atoms with van der Waals surface area (Å²) >= 11 is 0. The standard InChI is InChI=1S/C10H14N2O2/c1-7(13)6-9-11-10(12-14-9)8-4-2-3-5-8/h8H,2-6H2,1H3. The van der Waals surface area contributed by atoms with E-state index in [2.05, 4.69) is 10.1 Å². The van der Waals surface area contributed by atoms with Crippen LogP contribution in [0, 0.1) is 0 Å². The molecule has 76 valence electrons. The lowest BCUT2D eigenvalue weighted by atomic mass is 10.1. The first-order valence-electron chi connectivity index (χ1n) is 5.07. The molecule has 0 aromatic carbocycles. The van der Waals surface area contributed by atoms with Crippen LogP contribution in [-0.4, -0.2) is 15.9 Å². The van der Waals surface area contributed by atoms with Gasteiger partial charge >= 0.3 is 0 Å². The summed E-state index contributed by atoms with van der Waals surface area (Å²) < 4.78 is 5.01. The van der Waals surface area contributed by atoms with E-state index in [4.69, 9.17) is 4.52 Å². The molecule has 0 radical (unpaired) electrons. The summed E-state index contributed by atoms with van der Waals surface area (Å²) in [6, 6.07) is 0. The van der Waals surface area contributed by atoms with Crippen molar-refractivity contribution in [2.45, 2.75) is 44.9 Å². The van der Waals surface area contributed by atoms with E-state index in [1.807, 2.05) is 0 Å². The fourth-order valence-electron chi connectivity index (χ4n) is 1.90. The van der Waals surface area contributed by atoms with Gasteiger partial charge in [0, 0.05) is 5.92 Å². The van der Waals surface area contributed by atoms with Gasteiger partial charge in [0.1, 0.15) is 5.78 Å². The number of hydrogen-bond acceptors (Lipinski definition) is 4. The third kappa shape index (κ3) is 2.00. The van der Waals surface area contributed by atoms with Crippen molar-refractivity contribution < 1.29 is 9.32 Å². The number of nitrogens with zero attached hydrogens (tertiary/aromatic N) is 2. The molecule has 0 bridgehead atoms. The zero-order chi connectivity index (χ0) is 9.97. The fraction of sp³-hybridized carbons (Fsp3) is 0.700. The van der Waals surface area contributed by atoms with Crippen LogP contribution in [0.3, 0.4) is 0 Å². The average molecular weight is 194 g/mol. The maximum absolute atomic E-state index is 10.8. The summed E-state index contributed by atoms with van der Waals surface area (Å²) in [4.78, 5) is 15.0. The van der Waals surface area contributed by atoms with Gasteiger partial charge in [-0.2, -0.15) is 4.98 Å². The zero-order valence-corrected chi connectivity index (χ0v) is 8.32. The lowest BCUT2D eigenvalue weighted by Gasteiger charge is -1.99. The summed E-state index contributed by atoms with van der Waals surface area (Å²) in [6.07, 6.45) is 5.07. The van der Waals surface area contributed by atoms with Crippen LogP contribution in [-0.2, 0) is 11.2 Å². The summed E-state index contributed by atoms with van der Waals surface area (Å²) in [5.74, 6) is 1.77. The van der Waals surface area contributed by atoms with Gasteiger partial charge in [0.15, 0.2) is 5.82 Å². The molecule has 1 aliphatic carbocycles. The highest BCUT2D eigenvalue weighted by molar-refractivity contribution is 5.77. The Balaban J connectivity index is 2.05. The van der Waals surface area contributed by atoms with E-state index in [1.54, 1.807) is 0 Å². The molecule has 0 unspecified atom stereocenters. The first-order chi connectivity index (χ1) is 6.75. The van der Waals surface area contributed by atoms with Crippen molar-refractivity contribution >= 4 is 5.78 Å². The molecular weight excluding hydrogens is 180 g/mol. The molecule has 0 atom stereocenters. The van der Waals surface area contributed by atoms with Crippen molar-refractivity contribution in [3.63, 3.8) is 0 Å². The third-order valence-corrected chi connectivity index (χ3v) is 2.60. The number of aromatic nitrogens is 2. The Morgan fingerprint density at radius 2 is 2.21 bits per heavy atom. The lowest BCUT2D eigenvalue weighted by molar-refractivity contribution is -0.116. The Kier molecular flexibility index (Phi) is 2.61. The predicted octanol–water partition coefficient (Wildman–Crippen LogP) is 1.86. The van der Waals surface area contributed by atoms with Gasteiger partial charge in [0.2, 0.25) is 5.89 Å². The molecule has 2 rings (SSSR count). The van der Waals surface area contributed by atoms with Gasteiger partial charge in [-0.1, -0.05) is 18.0 Å². The van der Waals surface area contributed by atoms with Crippen LogP contribution in [0.5, 0.6) is 0 Å². The second-order valence-electron chi connectivity index (χ2n) is 3.91. The summed E-state index contributed by atoms with van der Waals surface area (Å²) in [7, 11) is 0. The summed E-state index contributed by atoms with van der Waals surface area (Å²) in [5.41, 5.74) is 0. The normalized spacial score (nSPS) is 17.5. The molecule has 14 heavy (non-hydrogen) atoms. The van der Waals surface area contributed by atoms with E-state index >= 15 is 0 Å². The largest absolute Gasteiger partial charge is 0.339 e. The Labute approximate surface area is 82.7 Å². The maximum Gasteiger partial charge on any atom is 0.234 e. The Hall–Kier alpha value is -1.19. The van der Waals surface area contributed by atoms with Gasteiger partial charge < -0.3 is 4.52 Å². The van der Waals surface area contributed by atoms with Gasteiger partial charge in [0.05, 0.1) is 6.42 Å². The van der Waals surface area contributed by atoms with Crippen molar-refractivity contribution in [2.75, 3.05) is 0 Å². The van der Waals surface area contributed by atoms with Crippen LogP contribution >= 0.6 is 0 Å². The van der Waals surface area contributed by atoms with E-state index in [0.29, 0.717) is 11.8 Å². The molecule has 4 heteroatoms. The topological polar surface area (TPSA) is 56.0 Å². The highest BCUT2D eigenvalue weighted by Crippen LogP contribution is 2.32. The molecule has 1 fully saturated rings. The number of ketones is 1. The first-order valence-corrected chi connectivity index (χ1v) is 5.07. The molecule has 0 spiro atoms. The minimum absolute atomic E-state index is 0.0617. The van der Waals surface area contributed by atoms with E-state index in [0.717, 1.165) is 18.7 Å². The quantitative estimate of drug-likeness (QED) is 0.736. The van der Waals surface area contributed by atoms with E-state index in [9.17, 15) is 4.79 Å². The predicted molar refractivity (Wildman–Crippen MR) is 49.9 cm³/mol. The van der Waals surface area contributed by atoms with Gasteiger partial charge in [0.25, 0.3) is 0 Å². The molecule has 1 aromatic rings. The van der Waals surface area contributed by atoms with E-state index < -0.39 is 0 Å². The number of Topliss-reactive ketones (excluding diaryl/α,β-unsaturated/α-hetero) is 1. The van der Waals surface area contributed by atoms with Crippen LogP contribution in [0.1, 0.15) is 50.2 Å². The van der Waals surface area contributed by atoms with Crippen LogP contribution < -0.4 is 0 Å². The molecule has 1 saturated carbocycles. The fourth-order valence-corrected chi connectivity index (χ4v) is 1.90. The Bertz CT molecular complexity index is 327. The zero-order valence-electron chi connectivity index (χ0n) is 8.32. The van der Waals surface area contributed by atoms with Crippen LogP contribution in [0.4, 0.5) is 0 Å². The van der Waals surface area contributed by atoms with Gasteiger partial charge in [-0.05, 0) is 19.8 Å². The van der Waals surface area contributed by atoms with Crippen LogP contribution in [0.15, 0.2) is 4.52 Å². The van der Waals surface area contributed by atoms with Crippen molar-refractivity contribution in [1.29, 1.82) is 0 Å². The van der Waals surface area contributed by atoms with Gasteiger partial charge in [-0.3, -0.25) is 4.79 Å². The first kappa shape index (κ1) is 9.37. The van der Waals surface area contributed by atoms with E-state index in [-0.39, 0.29) is 12.2 Å². The van der Waals surface area contributed by atoms with Crippen LogP contribution in [0.2, 0.25) is 0 Å². The SMILES string of the molecule is CC(=O)Cc1nc(C2CCCC2)no1. The molecule has 1 aliphatic rings. The smallest absolute Gasteiger partial charge is 0.234 e. The molecule has 0 saturated heterocycles. The van der Waals surface area contributed by atoms with Crippen molar-refractivity contribution in [2.24, 2.45) is 0 Å². The Morgan fingerprint density at radius 1 is 1.50 bits per heavy atom. The second-order valence-corrected chi connectivity index (χ2v) is 3.91. The number of rotatable bonds is 3. The molecule has 0 aliphatic heterocycles. The molecule has 0 amide bonds. The molecule has 1 aromatic heterocycles.